The van der Waals surface area contributed by atoms with Gasteiger partial charge in [0.1, 0.15) is 5.75 Å². The highest BCUT2D eigenvalue weighted by Gasteiger charge is 2.18. The number of ether oxygens (including phenoxy) is 3. The Morgan fingerprint density at radius 2 is 1.93 bits per heavy atom. The molecule has 0 amide bonds. The van der Waals surface area contributed by atoms with Gasteiger partial charge in [0.05, 0.1) is 12.1 Å². The number of alkyl halides is 2. The van der Waals surface area contributed by atoms with E-state index < -0.39 is 6.61 Å². The molecule has 0 atom stereocenters. The van der Waals surface area contributed by atoms with E-state index >= 15 is 0 Å². The normalized spacial score (nSPS) is 12.7. The van der Waals surface area contributed by atoms with Crippen LogP contribution in [0.1, 0.15) is 18.4 Å². The number of para-hydroxylation sites is 1. The monoisotopic (exact) mass is 403 g/mol. The Hall–Kier alpha value is -3.20. The van der Waals surface area contributed by atoms with Crippen LogP contribution in [0.2, 0.25) is 0 Å². The van der Waals surface area contributed by atoms with E-state index in [0.29, 0.717) is 24.5 Å². The average molecular weight is 403 g/mol. The molecule has 0 saturated carbocycles. The second-order valence-corrected chi connectivity index (χ2v) is 6.38. The van der Waals surface area contributed by atoms with Gasteiger partial charge in [-0.2, -0.15) is 13.8 Å². The minimum Gasteiger partial charge on any atom is -0.454 e. The van der Waals surface area contributed by atoms with Crippen LogP contribution < -0.4 is 14.2 Å². The zero-order valence-electron chi connectivity index (χ0n) is 15.7. The number of rotatable bonds is 8. The van der Waals surface area contributed by atoms with E-state index in [1.54, 1.807) is 18.2 Å². The van der Waals surface area contributed by atoms with Crippen molar-refractivity contribution in [3.8, 4) is 28.6 Å². The minimum atomic E-state index is -2.93. The van der Waals surface area contributed by atoms with Gasteiger partial charge in [-0.3, -0.25) is 4.90 Å². The molecular formula is C20H19F2N3O4. The molecule has 4 rings (SSSR count). The summed E-state index contributed by atoms with van der Waals surface area (Å²) in [6.45, 7) is 1.14. The Labute approximate surface area is 165 Å². The first-order chi connectivity index (χ1) is 14.1. The summed E-state index contributed by atoms with van der Waals surface area (Å²) in [4.78, 5) is 6.45. The van der Waals surface area contributed by atoms with Crippen LogP contribution in [-0.2, 0) is 13.1 Å². The van der Waals surface area contributed by atoms with Crippen LogP contribution in [0.5, 0.6) is 17.2 Å². The van der Waals surface area contributed by atoms with Crippen molar-refractivity contribution in [2.45, 2.75) is 26.6 Å². The van der Waals surface area contributed by atoms with E-state index in [1.807, 2.05) is 25.1 Å². The second kappa shape index (κ2) is 8.44. The first kappa shape index (κ1) is 19.1. The molecule has 0 fully saturated rings. The number of hydrogen-bond acceptors (Lipinski definition) is 7. The molecule has 0 radical (unpaired) electrons. The standard InChI is InChI=1S/C20H19F2N3O4/c1-2-25(10-13-7-8-16-17(9-13)27-12-26-16)11-18-23-19(24-29-18)14-5-3-4-6-15(14)28-20(21)22/h3-9,20H,2,10-12H2,1H3. The van der Waals surface area contributed by atoms with Gasteiger partial charge in [0, 0.05) is 6.54 Å². The zero-order chi connectivity index (χ0) is 20.2. The SMILES string of the molecule is CCN(Cc1ccc2c(c1)OCO2)Cc1nc(-c2ccccc2OC(F)F)no1. The Balaban J connectivity index is 1.47. The molecule has 0 bridgehead atoms. The van der Waals surface area contributed by atoms with Gasteiger partial charge >= 0.3 is 6.61 Å². The maximum absolute atomic E-state index is 12.6. The average Bonchev–Trinajstić information content (AvgIpc) is 3.36. The van der Waals surface area contributed by atoms with Crippen LogP contribution in [-0.4, -0.2) is 35.0 Å². The van der Waals surface area contributed by atoms with E-state index in [2.05, 4.69) is 19.8 Å². The molecule has 2 heterocycles. The molecule has 0 spiro atoms. The molecule has 1 aromatic heterocycles. The summed E-state index contributed by atoms with van der Waals surface area (Å²) in [7, 11) is 0. The predicted molar refractivity (Wildman–Crippen MR) is 98.7 cm³/mol. The van der Waals surface area contributed by atoms with E-state index in [9.17, 15) is 8.78 Å². The predicted octanol–water partition coefficient (Wildman–Crippen LogP) is 4.09. The molecule has 7 nitrogen and oxygen atoms in total. The Morgan fingerprint density at radius 3 is 2.76 bits per heavy atom. The Kier molecular flexibility index (Phi) is 5.57. The van der Waals surface area contributed by atoms with Crippen LogP contribution in [0.15, 0.2) is 47.0 Å². The molecule has 2 aromatic carbocycles. The third-order valence-corrected chi connectivity index (χ3v) is 4.46. The summed E-state index contributed by atoms with van der Waals surface area (Å²) < 4.78 is 45.9. The quantitative estimate of drug-likeness (QED) is 0.561. The van der Waals surface area contributed by atoms with E-state index in [1.165, 1.54) is 6.07 Å². The van der Waals surface area contributed by atoms with Crippen molar-refractivity contribution < 1.29 is 27.5 Å². The summed E-state index contributed by atoms with van der Waals surface area (Å²) in [6.07, 6.45) is 0. The highest BCUT2D eigenvalue weighted by atomic mass is 19.3. The largest absolute Gasteiger partial charge is 0.454 e. The van der Waals surface area contributed by atoms with Crippen LogP contribution in [0.3, 0.4) is 0 Å². The maximum Gasteiger partial charge on any atom is 0.387 e. The van der Waals surface area contributed by atoms with Gasteiger partial charge in [0.25, 0.3) is 0 Å². The van der Waals surface area contributed by atoms with Gasteiger partial charge in [-0.05, 0) is 36.4 Å². The third-order valence-electron chi connectivity index (χ3n) is 4.46. The topological polar surface area (TPSA) is 69.9 Å². The van der Waals surface area contributed by atoms with Crippen molar-refractivity contribution in [2.24, 2.45) is 0 Å². The van der Waals surface area contributed by atoms with Crippen LogP contribution in [0.25, 0.3) is 11.4 Å². The summed E-state index contributed by atoms with van der Waals surface area (Å²) in [6, 6.07) is 12.2. The van der Waals surface area contributed by atoms with E-state index in [-0.39, 0.29) is 18.4 Å². The molecular weight excluding hydrogens is 384 g/mol. The van der Waals surface area contributed by atoms with Gasteiger partial charge in [0.15, 0.2) is 11.5 Å². The second-order valence-electron chi connectivity index (χ2n) is 6.38. The molecule has 9 heteroatoms. The summed E-state index contributed by atoms with van der Waals surface area (Å²) in [5.74, 6) is 2.06. The summed E-state index contributed by atoms with van der Waals surface area (Å²) in [5.41, 5.74) is 1.41. The van der Waals surface area contributed by atoms with Crippen LogP contribution >= 0.6 is 0 Å². The molecule has 29 heavy (non-hydrogen) atoms. The lowest BCUT2D eigenvalue weighted by molar-refractivity contribution is -0.0494. The van der Waals surface area contributed by atoms with Gasteiger partial charge in [-0.1, -0.05) is 30.3 Å². The molecule has 152 valence electrons. The van der Waals surface area contributed by atoms with Gasteiger partial charge in [0.2, 0.25) is 18.5 Å². The number of fused-ring (bicyclic) bond motifs is 1. The lowest BCUT2D eigenvalue weighted by Crippen LogP contribution is -2.22. The van der Waals surface area contributed by atoms with Crippen molar-refractivity contribution in [1.82, 2.24) is 15.0 Å². The van der Waals surface area contributed by atoms with Gasteiger partial charge in [-0.25, -0.2) is 0 Å². The molecule has 1 aliphatic heterocycles. The highest BCUT2D eigenvalue weighted by Crippen LogP contribution is 2.33. The fourth-order valence-corrected chi connectivity index (χ4v) is 3.05. The van der Waals surface area contributed by atoms with Crippen molar-refractivity contribution in [1.29, 1.82) is 0 Å². The molecule has 0 aliphatic carbocycles. The smallest absolute Gasteiger partial charge is 0.387 e. The molecule has 0 unspecified atom stereocenters. The van der Waals surface area contributed by atoms with Gasteiger partial charge in [-0.15, -0.1) is 0 Å². The Morgan fingerprint density at radius 1 is 1.10 bits per heavy atom. The molecule has 0 N–H and O–H groups in total. The number of benzene rings is 2. The molecule has 3 aromatic rings. The van der Waals surface area contributed by atoms with Gasteiger partial charge < -0.3 is 18.7 Å². The third kappa shape index (κ3) is 4.45. The van der Waals surface area contributed by atoms with Crippen LogP contribution in [0.4, 0.5) is 8.78 Å². The van der Waals surface area contributed by atoms with Crippen molar-refractivity contribution in [2.75, 3.05) is 13.3 Å². The number of aromatic nitrogens is 2. The lowest BCUT2D eigenvalue weighted by atomic mass is 10.2. The number of halogens is 2. The fourth-order valence-electron chi connectivity index (χ4n) is 3.05. The zero-order valence-corrected chi connectivity index (χ0v) is 15.7. The maximum atomic E-state index is 12.6. The summed E-state index contributed by atoms with van der Waals surface area (Å²) in [5, 5.41) is 3.92. The van der Waals surface area contributed by atoms with E-state index in [0.717, 1.165) is 23.6 Å². The molecule has 0 saturated heterocycles. The number of nitrogens with zero attached hydrogens (tertiary/aromatic N) is 3. The summed E-state index contributed by atoms with van der Waals surface area (Å²) >= 11 is 0. The van der Waals surface area contributed by atoms with Crippen molar-refractivity contribution in [3.05, 3.63) is 53.9 Å². The van der Waals surface area contributed by atoms with E-state index in [4.69, 9.17) is 14.0 Å². The first-order valence-electron chi connectivity index (χ1n) is 9.10. The molecule has 1 aliphatic rings. The minimum absolute atomic E-state index is 0.00237. The Bertz CT molecular complexity index is 980. The number of hydrogen-bond donors (Lipinski definition) is 0. The van der Waals surface area contributed by atoms with Crippen LogP contribution in [0, 0.1) is 0 Å². The van der Waals surface area contributed by atoms with Crippen molar-refractivity contribution in [3.63, 3.8) is 0 Å². The first-order valence-corrected chi connectivity index (χ1v) is 9.10. The highest BCUT2D eigenvalue weighted by molar-refractivity contribution is 5.63. The van der Waals surface area contributed by atoms with Crippen molar-refractivity contribution >= 4 is 0 Å². The lowest BCUT2D eigenvalue weighted by Gasteiger charge is -2.18. The fraction of sp³-hybridized carbons (Fsp3) is 0.300.